The molecule has 25 heavy (non-hydrogen) atoms. The number of rotatable bonds is 14. The van der Waals surface area contributed by atoms with Crippen molar-refractivity contribution < 1.29 is 9.47 Å². The molecule has 0 saturated heterocycles. The molecule has 2 N–H and O–H groups in total. The number of aliphatic imine (C=N–C) groups is 1. The highest BCUT2D eigenvalue weighted by atomic mass is 127. The van der Waals surface area contributed by atoms with Crippen molar-refractivity contribution in [3.63, 3.8) is 0 Å². The monoisotopic (exact) mass is 470 g/mol. The van der Waals surface area contributed by atoms with Crippen molar-refractivity contribution >= 4 is 29.9 Å². The Kier molecular flexibility index (Phi) is 16.0. The number of nitrogens with zero attached hydrogens (tertiary/aromatic N) is 2. The van der Waals surface area contributed by atoms with Gasteiger partial charge in [-0.3, -0.25) is 9.89 Å². The van der Waals surface area contributed by atoms with Crippen molar-refractivity contribution in [3.8, 4) is 0 Å². The molecule has 1 rings (SSSR count). The third-order valence-electron chi connectivity index (χ3n) is 4.12. The van der Waals surface area contributed by atoms with Gasteiger partial charge in [-0.05, 0) is 33.1 Å². The lowest BCUT2D eigenvalue weighted by atomic mass is 10.3. The van der Waals surface area contributed by atoms with Gasteiger partial charge in [-0.25, -0.2) is 0 Å². The lowest BCUT2D eigenvalue weighted by Gasteiger charge is -2.26. The molecule has 0 spiro atoms. The summed E-state index contributed by atoms with van der Waals surface area (Å²) in [5.74, 6) is 0.845. The molecule has 0 heterocycles. The Hall–Kier alpha value is -0.120. The van der Waals surface area contributed by atoms with Gasteiger partial charge in [-0.15, -0.1) is 24.0 Å². The van der Waals surface area contributed by atoms with Gasteiger partial charge in [0.05, 0.1) is 19.8 Å². The number of halogens is 1. The maximum Gasteiger partial charge on any atom is 0.191 e. The number of hydrogen-bond donors (Lipinski definition) is 2. The zero-order valence-corrected chi connectivity index (χ0v) is 18.9. The van der Waals surface area contributed by atoms with Crippen LogP contribution >= 0.6 is 24.0 Å². The minimum Gasteiger partial charge on any atom is -0.379 e. The molecule has 0 amide bonds. The third kappa shape index (κ3) is 12.8. The summed E-state index contributed by atoms with van der Waals surface area (Å²) >= 11 is 0. The number of ether oxygens (including phenoxy) is 2. The first kappa shape index (κ1) is 24.9. The van der Waals surface area contributed by atoms with E-state index in [0.29, 0.717) is 25.9 Å². The van der Waals surface area contributed by atoms with Crippen LogP contribution in [0.25, 0.3) is 0 Å². The Morgan fingerprint density at radius 3 is 2.28 bits per heavy atom. The summed E-state index contributed by atoms with van der Waals surface area (Å²) in [7, 11) is 1.80. The van der Waals surface area contributed by atoms with Crippen LogP contribution in [0.3, 0.4) is 0 Å². The molecule has 0 radical (unpaired) electrons. The molecule has 150 valence electrons. The number of nitrogens with one attached hydrogen (secondary N) is 2. The largest absolute Gasteiger partial charge is 0.379 e. The molecule has 0 aliphatic heterocycles. The van der Waals surface area contributed by atoms with Gasteiger partial charge >= 0.3 is 0 Å². The van der Waals surface area contributed by atoms with Crippen LogP contribution in [-0.4, -0.2) is 76.1 Å². The van der Waals surface area contributed by atoms with Crippen molar-refractivity contribution in [2.24, 2.45) is 4.99 Å². The van der Waals surface area contributed by atoms with E-state index in [0.717, 1.165) is 44.7 Å². The molecule has 0 aromatic carbocycles. The van der Waals surface area contributed by atoms with Gasteiger partial charge in [-0.2, -0.15) is 0 Å². The average Bonchev–Trinajstić information content (AvgIpc) is 3.39. The molecular weight excluding hydrogens is 431 g/mol. The van der Waals surface area contributed by atoms with Gasteiger partial charge < -0.3 is 20.1 Å². The summed E-state index contributed by atoms with van der Waals surface area (Å²) in [6.07, 6.45) is 5.00. The van der Waals surface area contributed by atoms with E-state index in [4.69, 9.17) is 9.47 Å². The first-order valence-electron chi connectivity index (χ1n) is 9.54. The summed E-state index contributed by atoms with van der Waals surface area (Å²) in [4.78, 5) is 6.82. The number of hydrogen-bond acceptors (Lipinski definition) is 4. The smallest absolute Gasteiger partial charge is 0.191 e. The van der Waals surface area contributed by atoms with E-state index < -0.39 is 0 Å². The lowest BCUT2D eigenvalue weighted by Crippen LogP contribution is -2.44. The molecule has 0 atom stereocenters. The molecule has 0 bridgehead atoms. The van der Waals surface area contributed by atoms with Gasteiger partial charge in [0, 0.05) is 45.4 Å². The minimum atomic E-state index is 0. The molecule has 1 saturated carbocycles. The van der Waals surface area contributed by atoms with Crippen LogP contribution in [-0.2, 0) is 9.47 Å². The fraction of sp³-hybridized carbons (Fsp3) is 0.944. The van der Waals surface area contributed by atoms with Crippen LogP contribution in [0.15, 0.2) is 4.99 Å². The zero-order chi connectivity index (χ0) is 17.6. The molecule has 1 aliphatic carbocycles. The van der Waals surface area contributed by atoms with E-state index in [2.05, 4.69) is 41.3 Å². The average molecular weight is 470 g/mol. The Morgan fingerprint density at radius 2 is 1.72 bits per heavy atom. The molecule has 1 aliphatic rings. The van der Waals surface area contributed by atoms with Crippen molar-refractivity contribution in [1.29, 1.82) is 0 Å². The van der Waals surface area contributed by atoms with E-state index in [9.17, 15) is 0 Å². The predicted molar refractivity (Wildman–Crippen MR) is 116 cm³/mol. The molecule has 1 fully saturated rings. The first-order chi connectivity index (χ1) is 11.7. The summed E-state index contributed by atoms with van der Waals surface area (Å²) < 4.78 is 11.0. The van der Waals surface area contributed by atoms with Gasteiger partial charge in [0.25, 0.3) is 0 Å². The van der Waals surface area contributed by atoms with Crippen molar-refractivity contribution in [3.05, 3.63) is 0 Å². The van der Waals surface area contributed by atoms with Crippen LogP contribution in [0.4, 0.5) is 0 Å². The minimum absolute atomic E-state index is 0. The molecule has 0 unspecified atom stereocenters. The first-order valence-corrected chi connectivity index (χ1v) is 9.54. The zero-order valence-electron chi connectivity index (χ0n) is 16.6. The molecule has 0 aromatic heterocycles. The van der Waals surface area contributed by atoms with Crippen LogP contribution in [0.1, 0.15) is 46.5 Å². The lowest BCUT2D eigenvalue weighted by molar-refractivity contribution is 0.0487. The second kappa shape index (κ2) is 16.1. The second-order valence-corrected chi connectivity index (χ2v) is 6.57. The van der Waals surface area contributed by atoms with Crippen LogP contribution < -0.4 is 10.6 Å². The molecular formula is C18H39IN4O2. The maximum absolute atomic E-state index is 5.54. The third-order valence-corrected chi connectivity index (χ3v) is 4.12. The van der Waals surface area contributed by atoms with Gasteiger partial charge in [0.15, 0.2) is 5.96 Å². The fourth-order valence-electron chi connectivity index (χ4n) is 2.60. The summed E-state index contributed by atoms with van der Waals surface area (Å²) in [5.41, 5.74) is 0. The second-order valence-electron chi connectivity index (χ2n) is 6.57. The van der Waals surface area contributed by atoms with E-state index in [1.54, 1.807) is 7.05 Å². The normalized spacial score (nSPS) is 14.7. The number of unbranched alkanes of at least 4 members (excludes halogenated alkanes) is 1. The van der Waals surface area contributed by atoms with Crippen molar-refractivity contribution in [1.82, 2.24) is 15.5 Å². The van der Waals surface area contributed by atoms with Gasteiger partial charge in [0.2, 0.25) is 0 Å². The highest BCUT2D eigenvalue weighted by molar-refractivity contribution is 14.0. The highest BCUT2D eigenvalue weighted by Crippen LogP contribution is 2.27. The maximum atomic E-state index is 5.54. The highest BCUT2D eigenvalue weighted by Gasteiger charge is 2.29. The Bertz CT molecular complexity index is 337. The van der Waals surface area contributed by atoms with Gasteiger partial charge in [0.1, 0.15) is 0 Å². The fourth-order valence-corrected chi connectivity index (χ4v) is 2.60. The standard InChI is InChI=1S/C18H38N4O2.HI/c1-5-6-12-23-14-15-24-13-10-21-18(19-4)20-9-11-22(16(2)3)17-7-8-17;/h16-17H,5-15H2,1-4H3,(H2,19,20,21);1H. The van der Waals surface area contributed by atoms with Crippen LogP contribution in [0.5, 0.6) is 0 Å². The Balaban J connectivity index is 0.00000576. The SMILES string of the molecule is CCCCOCCOCCNC(=NC)NCCN(C(C)C)C1CC1.I. The van der Waals surface area contributed by atoms with Gasteiger partial charge in [-0.1, -0.05) is 13.3 Å². The molecule has 0 aromatic rings. The van der Waals surface area contributed by atoms with Crippen molar-refractivity contribution in [2.45, 2.75) is 58.5 Å². The van der Waals surface area contributed by atoms with Crippen LogP contribution in [0.2, 0.25) is 0 Å². The topological polar surface area (TPSA) is 58.1 Å². The summed E-state index contributed by atoms with van der Waals surface area (Å²) in [6, 6.07) is 1.41. The molecule has 7 heteroatoms. The Morgan fingerprint density at radius 1 is 1.08 bits per heavy atom. The van der Waals surface area contributed by atoms with E-state index in [-0.39, 0.29) is 24.0 Å². The predicted octanol–water partition coefficient (Wildman–Crippen LogP) is 2.48. The molecule has 6 nitrogen and oxygen atoms in total. The van der Waals surface area contributed by atoms with Crippen LogP contribution in [0, 0.1) is 0 Å². The number of guanidine groups is 1. The van der Waals surface area contributed by atoms with E-state index >= 15 is 0 Å². The quantitative estimate of drug-likeness (QED) is 0.177. The van der Waals surface area contributed by atoms with E-state index in [1.807, 2.05) is 0 Å². The Labute approximate surface area is 171 Å². The summed E-state index contributed by atoms with van der Waals surface area (Å²) in [5, 5.41) is 6.66. The summed E-state index contributed by atoms with van der Waals surface area (Å²) in [6.45, 7) is 12.3. The van der Waals surface area contributed by atoms with Crippen molar-refractivity contribution in [2.75, 3.05) is 53.1 Å². The van der Waals surface area contributed by atoms with E-state index in [1.165, 1.54) is 19.3 Å².